The Morgan fingerprint density at radius 2 is 1.95 bits per heavy atom. The second-order valence-corrected chi connectivity index (χ2v) is 7.95. The minimum Gasteiger partial charge on any atom is -0.372 e. The van der Waals surface area contributed by atoms with Crippen molar-refractivity contribution in [2.24, 2.45) is 0 Å². The van der Waals surface area contributed by atoms with Gasteiger partial charge in [-0.05, 0) is 30.4 Å². The molecule has 2 aliphatic heterocycles. The fraction of sp³-hybridized carbons (Fsp3) is 0.600. The zero-order valence-electron chi connectivity index (χ0n) is 11.5. The van der Waals surface area contributed by atoms with Crippen molar-refractivity contribution in [1.82, 2.24) is 5.32 Å². The Morgan fingerprint density at radius 3 is 2.75 bits per heavy atom. The van der Waals surface area contributed by atoms with Gasteiger partial charge < -0.3 is 10.1 Å². The quantitative estimate of drug-likeness (QED) is 0.917. The average Bonchev–Trinajstić information content (AvgIpc) is 2.46. The molecule has 1 atom stereocenters. The minimum absolute atomic E-state index is 0.0958. The normalized spacial score (nSPS) is 26.1. The van der Waals surface area contributed by atoms with Gasteiger partial charge in [0.25, 0.3) is 0 Å². The van der Waals surface area contributed by atoms with E-state index in [4.69, 9.17) is 4.74 Å². The first-order valence-electron chi connectivity index (χ1n) is 7.27. The van der Waals surface area contributed by atoms with Gasteiger partial charge in [0.15, 0.2) is 0 Å². The van der Waals surface area contributed by atoms with E-state index in [1.165, 1.54) is 11.1 Å². The van der Waals surface area contributed by atoms with Crippen molar-refractivity contribution < 1.29 is 13.2 Å². The highest BCUT2D eigenvalue weighted by atomic mass is 32.2. The van der Waals surface area contributed by atoms with Gasteiger partial charge in [0, 0.05) is 12.6 Å². The first-order chi connectivity index (χ1) is 9.64. The van der Waals surface area contributed by atoms with Crippen LogP contribution in [0.4, 0.5) is 0 Å². The van der Waals surface area contributed by atoms with Gasteiger partial charge in [-0.2, -0.15) is 0 Å². The number of rotatable bonds is 3. The molecule has 1 aromatic carbocycles. The van der Waals surface area contributed by atoms with Gasteiger partial charge in [-0.3, -0.25) is 0 Å². The zero-order chi connectivity index (χ0) is 14.0. The highest BCUT2D eigenvalue weighted by molar-refractivity contribution is 7.91. The summed E-state index contributed by atoms with van der Waals surface area (Å²) in [5.74, 6) is 0.625. The van der Waals surface area contributed by atoms with Crippen molar-refractivity contribution in [3.8, 4) is 0 Å². The summed E-state index contributed by atoms with van der Waals surface area (Å²) in [5.41, 5.74) is 2.64. The lowest BCUT2D eigenvalue weighted by molar-refractivity contribution is 0.0404. The summed E-state index contributed by atoms with van der Waals surface area (Å²) in [5, 5.41) is 3.48. The minimum atomic E-state index is -2.78. The summed E-state index contributed by atoms with van der Waals surface area (Å²) >= 11 is 0. The molecule has 0 saturated carbocycles. The standard InChI is InChI=1S/C15H21NO3S/c17-20(18)9-6-13(7-10-20)16-11-15-14-4-2-1-3-12(14)5-8-19-15/h1-4,13,15-16H,5-11H2. The van der Waals surface area contributed by atoms with Crippen molar-refractivity contribution in [3.05, 3.63) is 35.4 Å². The largest absolute Gasteiger partial charge is 0.372 e. The molecule has 110 valence electrons. The average molecular weight is 295 g/mol. The molecule has 1 unspecified atom stereocenters. The highest BCUT2D eigenvalue weighted by Crippen LogP contribution is 2.26. The molecule has 3 rings (SSSR count). The van der Waals surface area contributed by atoms with E-state index in [0.717, 1.165) is 32.4 Å². The predicted molar refractivity (Wildman–Crippen MR) is 78.5 cm³/mol. The number of sulfone groups is 1. The van der Waals surface area contributed by atoms with Crippen molar-refractivity contribution >= 4 is 9.84 Å². The molecular weight excluding hydrogens is 274 g/mol. The van der Waals surface area contributed by atoms with Crippen molar-refractivity contribution in [2.75, 3.05) is 24.7 Å². The lowest BCUT2D eigenvalue weighted by atomic mass is 9.97. The van der Waals surface area contributed by atoms with Crippen LogP contribution < -0.4 is 5.32 Å². The summed E-state index contributed by atoms with van der Waals surface area (Å²) in [6.07, 6.45) is 2.51. The third-order valence-electron chi connectivity index (χ3n) is 4.24. The Bertz CT molecular complexity index is 556. The molecule has 5 heteroatoms. The lowest BCUT2D eigenvalue weighted by Gasteiger charge is -2.29. The summed E-state index contributed by atoms with van der Waals surface area (Å²) < 4.78 is 28.7. The molecule has 1 N–H and O–H groups in total. The fourth-order valence-electron chi connectivity index (χ4n) is 3.01. The van der Waals surface area contributed by atoms with E-state index in [0.29, 0.717) is 17.5 Å². The summed E-state index contributed by atoms with van der Waals surface area (Å²) in [6.45, 7) is 1.53. The van der Waals surface area contributed by atoms with Crippen LogP contribution in [-0.4, -0.2) is 39.1 Å². The Kier molecular flexibility index (Phi) is 4.10. The van der Waals surface area contributed by atoms with E-state index in [2.05, 4.69) is 23.5 Å². The number of nitrogens with one attached hydrogen (secondary N) is 1. The summed E-state index contributed by atoms with van der Waals surface area (Å²) in [7, 11) is -2.78. The number of hydrogen-bond acceptors (Lipinski definition) is 4. The first kappa shape index (κ1) is 14.0. The third-order valence-corrected chi connectivity index (χ3v) is 5.95. The van der Waals surface area contributed by atoms with Crippen LogP contribution in [0.2, 0.25) is 0 Å². The van der Waals surface area contributed by atoms with Gasteiger partial charge in [0.1, 0.15) is 9.84 Å². The second-order valence-electron chi connectivity index (χ2n) is 5.64. The monoisotopic (exact) mass is 295 g/mol. The highest BCUT2D eigenvalue weighted by Gasteiger charge is 2.25. The molecule has 0 bridgehead atoms. The first-order valence-corrected chi connectivity index (χ1v) is 9.09. The van der Waals surface area contributed by atoms with E-state index in [9.17, 15) is 8.42 Å². The molecule has 0 spiro atoms. The summed E-state index contributed by atoms with van der Waals surface area (Å²) in [6, 6.07) is 8.72. The number of benzene rings is 1. The predicted octanol–water partition coefficient (Wildman–Crippen LogP) is 1.47. The fourth-order valence-corrected chi connectivity index (χ4v) is 4.51. The Morgan fingerprint density at radius 1 is 1.20 bits per heavy atom. The maximum atomic E-state index is 11.4. The van der Waals surface area contributed by atoms with Crippen LogP contribution in [0.1, 0.15) is 30.1 Å². The van der Waals surface area contributed by atoms with Gasteiger partial charge in [-0.25, -0.2) is 8.42 Å². The van der Waals surface area contributed by atoms with Gasteiger partial charge in [0.2, 0.25) is 0 Å². The molecule has 1 aromatic rings. The molecule has 0 radical (unpaired) electrons. The Balaban J connectivity index is 1.57. The molecule has 4 nitrogen and oxygen atoms in total. The molecule has 1 saturated heterocycles. The van der Waals surface area contributed by atoms with Gasteiger partial charge in [-0.1, -0.05) is 24.3 Å². The van der Waals surface area contributed by atoms with Crippen LogP contribution in [0, 0.1) is 0 Å². The van der Waals surface area contributed by atoms with Crippen molar-refractivity contribution in [2.45, 2.75) is 31.4 Å². The number of ether oxygens (including phenoxy) is 1. The van der Waals surface area contributed by atoms with E-state index in [-0.39, 0.29) is 6.10 Å². The Hall–Kier alpha value is -0.910. The molecule has 2 aliphatic rings. The van der Waals surface area contributed by atoms with Crippen LogP contribution in [0.15, 0.2) is 24.3 Å². The molecule has 0 amide bonds. The smallest absolute Gasteiger partial charge is 0.150 e. The Labute approximate surface area is 120 Å². The van der Waals surface area contributed by atoms with Gasteiger partial charge in [-0.15, -0.1) is 0 Å². The maximum Gasteiger partial charge on any atom is 0.150 e. The topological polar surface area (TPSA) is 55.4 Å². The summed E-state index contributed by atoms with van der Waals surface area (Å²) in [4.78, 5) is 0. The van der Waals surface area contributed by atoms with Crippen LogP contribution in [0.3, 0.4) is 0 Å². The second kappa shape index (κ2) is 5.84. The SMILES string of the molecule is O=S1(=O)CCC(NCC2OCCc3ccccc32)CC1. The molecule has 1 fully saturated rings. The van der Waals surface area contributed by atoms with E-state index in [1.54, 1.807) is 0 Å². The molecule has 20 heavy (non-hydrogen) atoms. The van der Waals surface area contributed by atoms with Gasteiger partial charge >= 0.3 is 0 Å². The van der Waals surface area contributed by atoms with Crippen molar-refractivity contribution in [1.29, 1.82) is 0 Å². The van der Waals surface area contributed by atoms with Crippen LogP contribution >= 0.6 is 0 Å². The zero-order valence-corrected chi connectivity index (χ0v) is 12.4. The molecular formula is C15H21NO3S. The number of hydrogen-bond donors (Lipinski definition) is 1. The lowest BCUT2D eigenvalue weighted by Crippen LogP contribution is -2.40. The number of fused-ring (bicyclic) bond motifs is 1. The molecule has 0 aliphatic carbocycles. The molecule has 2 heterocycles. The van der Waals surface area contributed by atoms with Crippen LogP contribution in [0.25, 0.3) is 0 Å². The van der Waals surface area contributed by atoms with E-state index in [1.807, 2.05) is 6.07 Å². The van der Waals surface area contributed by atoms with Crippen LogP contribution in [0.5, 0.6) is 0 Å². The third kappa shape index (κ3) is 3.22. The van der Waals surface area contributed by atoms with Crippen LogP contribution in [-0.2, 0) is 21.0 Å². The maximum absolute atomic E-state index is 11.4. The van der Waals surface area contributed by atoms with E-state index >= 15 is 0 Å². The van der Waals surface area contributed by atoms with E-state index < -0.39 is 9.84 Å². The van der Waals surface area contributed by atoms with Gasteiger partial charge in [0.05, 0.1) is 24.2 Å². The molecule has 0 aromatic heterocycles. The van der Waals surface area contributed by atoms with Crippen molar-refractivity contribution in [3.63, 3.8) is 0 Å².